The van der Waals surface area contributed by atoms with Crippen molar-refractivity contribution < 1.29 is 4.79 Å². The molecule has 0 bridgehead atoms. The van der Waals surface area contributed by atoms with Gasteiger partial charge in [-0.3, -0.25) is 9.48 Å². The molecule has 0 spiro atoms. The molecule has 2 aromatic rings. The highest BCUT2D eigenvalue weighted by molar-refractivity contribution is 5.87. The maximum atomic E-state index is 12.6. The largest absolute Gasteiger partial charge is 0.352 e. The summed E-state index contributed by atoms with van der Waals surface area (Å²) >= 11 is 0. The molecule has 1 atom stereocenters. The Kier molecular flexibility index (Phi) is 3.92. The summed E-state index contributed by atoms with van der Waals surface area (Å²) in [4.78, 5) is 25.6. The quantitative estimate of drug-likeness (QED) is 0.780. The highest BCUT2D eigenvalue weighted by atomic mass is 16.2. The molecule has 0 N–H and O–H groups in total. The average molecular weight is 326 g/mol. The van der Waals surface area contributed by atoms with Crippen LogP contribution in [0.5, 0.6) is 0 Å². The number of hydrogen-bond acceptors (Lipinski definition) is 5. The summed E-state index contributed by atoms with van der Waals surface area (Å²) in [6.45, 7) is 3.11. The van der Waals surface area contributed by atoms with Crippen LogP contribution in [-0.4, -0.2) is 56.7 Å². The molecule has 0 saturated carbocycles. The number of piperazine rings is 1. The van der Waals surface area contributed by atoms with Crippen molar-refractivity contribution in [1.82, 2.24) is 24.6 Å². The van der Waals surface area contributed by atoms with Crippen LogP contribution >= 0.6 is 0 Å². The minimum Gasteiger partial charge on any atom is -0.352 e. The molecule has 1 amide bonds. The van der Waals surface area contributed by atoms with Crippen molar-refractivity contribution >= 4 is 22.8 Å². The fourth-order valence-electron chi connectivity index (χ4n) is 3.62. The van der Waals surface area contributed by atoms with E-state index >= 15 is 0 Å². The van der Waals surface area contributed by atoms with Gasteiger partial charge in [0.2, 0.25) is 5.91 Å². The van der Waals surface area contributed by atoms with Crippen molar-refractivity contribution in [2.75, 3.05) is 31.1 Å². The van der Waals surface area contributed by atoms with E-state index in [1.807, 2.05) is 18.1 Å². The van der Waals surface area contributed by atoms with E-state index in [0.717, 1.165) is 62.3 Å². The van der Waals surface area contributed by atoms with E-state index < -0.39 is 0 Å². The molecule has 1 aliphatic carbocycles. The number of aryl methyl sites for hydroxylation is 1. The van der Waals surface area contributed by atoms with Gasteiger partial charge in [0.25, 0.3) is 0 Å². The molecular formula is C17H22N6O. The third-order valence-electron chi connectivity index (χ3n) is 5.02. The van der Waals surface area contributed by atoms with E-state index in [-0.39, 0.29) is 5.92 Å². The van der Waals surface area contributed by atoms with Crippen LogP contribution in [-0.2, 0) is 11.8 Å². The zero-order valence-corrected chi connectivity index (χ0v) is 13.9. The van der Waals surface area contributed by atoms with Crippen molar-refractivity contribution in [3.05, 3.63) is 24.7 Å². The second-order valence-electron chi connectivity index (χ2n) is 6.50. The number of amides is 1. The van der Waals surface area contributed by atoms with Crippen LogP contribution in [0.15, 0.2) is 24.7 Å². The van der Waals surface area contributed by atoms with Crippen LogP contribution in [0, 0.1) is 5.92 Å². The Morgan fingerprint density at radius 2 is 2.00 bits per heavy atom. The Morgan fingerprint density at radius 1 is 1.17 bits per heavy atom. The van der Waals surface area contributed by atoms with Crippen LogP contribution in [0.4, 0.5) is 5.82 Å². The van der Waals surface area contributed by atoms with Gasteiger partial charge in [-0.05, 0) is 19.3 Å². The molecule has 7 heteroatoms. The number of anilines is 1. The van der Waals surface area contributed by atoms with Gasteiger partial charge in [-0.1, -0.05) is 12.2 Å². The van der Waals surface area contributed by atoms with Gasteiger partial charge in [0, 0.05) is 39.1 Å². The minimum absolute atomic E-state index is 0.172. The lowest BCUT2D eigenvalue weighted by Crippen LogP contribution is -2.50. The first-order valence-corrected chi connectivity index (χ1v) is 8.55. The van der Waals surface area contributed by atoms with Crippen molar-refractivity contribution in [1.29, 1.82) is 0 Å². The van der Waals surface area contributed by atoms with Gasteiger partial charge in [-0.2, -0.15) is 5.10 Å². The van der Waals surface area contributed by atoms with Gasteiger partial charge in [0.1, 0.15) is 12.1 Å². The number of rotatable bonds is 2. The molecule has 1 saturated heterocycles. The molecule has 1 aliphatic heterocycles. The Labute approximate surface area is 141 Å². The van der Waals surface area contributed by atoms with Gasteiger partial charge in [0.15, 0.2) is 5.65 Å². The number of allylic oxidation sites excluding steroid dienone is 2. The van der Waals surface area contributed by atoms with Crippen molar-refractivity contribution in [2.45, 2.75) is 19.3 Å². The SMILES string of the molecule is Cn1ncc2c(N3CCN(C(=O)[C@H]4CC=CCC4)CC3)ncnc21. The van der Waals surface area contributed by atoms with Gasteiger partial charge >= 0.3 is 0 Å². The number of hydrogen-bond donors (Lipinski definition) is 0. The smallest absolute Gasteiger partial charge is 0.226 e. The molecule has 3 heterocycles. The standard InChI is InChI=1S/C17H22N6O/c1-21-15-14(11-20-21)16(19-12-18-15)22-7-9-23(10-8-22)17(24)13-5-3-2-4-6-13/h2-3,11-13H,4-10H2,1H3/t13-/m0/s1. The molecule has 24 heavy (non-hydrogen) atoms. The number of fused-ring (bicyclic) bond motifs is 1. The summed E-state index contributed by atoms with van der Waals surface area (Å²) in [5.41, 5.74) is 0.840. The normalized spacial score (nSPS) is 21.5. The van der Waals surface area contributed by atoms with E-state index in [4.69, 9.17) is 0 Å². The molecule has 4 rings (SSSR count). The van der Waals surface area contributed by atoms with Crippen molar-refractivity contribution in [3.8, 4) is 0 Å². The molecule has 0 radical (unpaired) electrons. The summed E-state index contributed by atoms with van der Waals surface area (Å²) in [7, 11) is 1.88. The number of nitrogens with zero attached hydrogens (tertiary/aromatic N) is 6. The zero-order chi connectivity index (χ0) is 16.5. The Hall–Kier alpha value is -2.44. The summed E-state index contributed by atoms with van der Waals surface area (Å²) in [5, 5.41) is 5.24. The van der Waals surface area contributed by atoms with Gasteiger partial charge in [0.05, 0.1) is 11.6 Å². The Balaban J connectivity index is 1.45. The molecule has 0 aromatic carbocycles. The topological polar surface area (TPSA) is 67.2 Å². The number of aromatic nitrogens is 4. The van der Waals surface area contributed by atoms with Crippen molar-refractivity contribution in [3.63, 3.8) is 0 Å². The third kappa shape index (κ3) is 2.64. The number of carbonyl (C=O) groups is 1. The van der Waals surface area contributed by atoms with E-state index in [1.165, 1.54) is 0 Å². The fourth-order valence-corrected chi connectivity index (χ4v) is 3.62. The molecule has 0 unspecified atom stereocenters. The van der Waals surface area contributed by atoms with Crippen LogP contribution in [0.25, 0.3) is 11.0 Å². The number of carbonyl (C=O) groups excluding carboxylic acids is 1. The first kappa shape index (κ1) is 15.1. The molecular weight excluding hydrogens is 304 g/mol. The maximum absolute atomic E-state index is 12.6. The van der Waals surface area contributed by atoms with Crippen molar-refractivity contribution in [2.24, 2.45) is 13.0 Å². The van der Waals surface area contributed by atoms with Gasteiger partial charge in [-0.15, -0.1) is 0 Å². The summed E-state index contributed by atoms with van der Waals surface area (Å²) < 4.78 is 1.76. The third-order valence-corrected chi connectivity index (χ3v) is 5.02. The molecule has 126 valence electrons. The average Bonchev–Trinajstić information content (AvgIpc) is 3.03. The lowest BCUT2D eigenvalue weighted by Gasteiger charge is -2.37. The van der Waals surface area contributed by atoms with Crippen LogP contribution < -0.4 is 4.90 Å². The van der Waals surface area contributed by atoms with E-state index in [2.05, 4.69) is 32.1 Å². The van der Waals surface area contributed by atoms with E-state index in [9.17, 15) is 4.79 Å². The maximum Gasteiger partial charge on any atom is 0.226 e. The predicted octanol–water partition coefficient (Wildman–Crippen LogP) is 1.37. The van der Waals surface area contributed by atoms with E-state index in [1.54, 1.807) is 11.0 Å². The second-order valence-corrected chi connectivity index (χ2v) is 6.50. The second kappa shape index (κ2) is 6.22. The zero-order valence-electron chi connectivity index (χ0n) is 13.9. The van der Waals surface area contributed by atoms with E-state index in [0.29, 0.717) is 5.91 Å². The fraction of sp³-hybridized carbons (Fsp3) is 0.529. The molecule has 2 aliphatic rings. The summed E-state index contributed by atoms with van der Waals surface area (Å²) in [5.74, 6) is 1.40. The Bertz CT molecular complexity index is 774. The molecule has 7 nitrogen and oxygen atoms in total. The predicted molar refractivity (Wildman–Crippen MR) is 91.6 cm³/mol. The lowest BCUT2D eigenvalue weighted by atomic mass is 9.93. The highest BCUT2D eigenvalue weighted by Crippen LogP contribution is 2.25. The summed E-state index contributed by atoms with van der Waals surface area (Å²) in [6, 6.07) is 0. The van der Waals surface area contributed by atoms with Crippen LogP contribution in [0.1, 0.15) is 19.3 Å². The molecule has 2 aromatic heterocycles. The highest BCUT2D eigenvalue weighted by Gasteiger charge is 2.28. The Morgan fingerprint density at radius 3 is 2.75 bits per heavy atom. The van der Waals surface area contributed by atoms with Gasteiger partial charge < -0.3 is 9.80 Å². The molecule has 1 fully saturated rings. The lowest BCUT2D eigenvalue weighted by molar-refractivity contribution is -0.136. The first-order chi connectivity index (χ1) is 11.7. The summed E-state index contributed by atoms with van der Waals surface area (Å²) in [6.07, 6.45) is 10.6. The minimum atomic E-state index is 0.172. The monoisotopic (exact) mass is 326 g/mol. The van der Waals surface area contributed by atoms with Gasteiger partial charge in [-0.25, -0.2) is 9.97 Å². The van der Waals surface area contributed by atoms with Crippen LogP contribution in [0.3, 0.4) is 0 Å². The van der Waals surface area contributed by atoms with Crippen LogP contribution in [0.2, 0.25) is 0 Å². The first-order valence-electron chi connectivity index (χ1n) is 8.55.